The molecule has 0 bridgehead atoms. The number of benzene rings is 1. The average Bonchev–Trinajstić information content (AvgIpc) is 2.86. The number of rotatable bonds is 5. The van der Waals surface area contributed by atoms with Crippen molar-refractivity contribution >= 4 is 27.0 Å². The van der Waals surface area contributed by atoms with Gasteiger partial charge in [-0.2, -0.15) is 0 Å². The van der Waals surface area contributed by atoms with E-state index in [0.29, 0.717) is 24.2 Å². The number of thiazole rings is 1. The predicted octanol–water partition coefficient (Wildman–Crippen LogP) is 1.86. The first-order valence-electron chi connectivity index (χ1n) is 6.15. The zero-order valence-corrected chi connectivity index (χ0v) is 13.0. The number of nitrogens with one attached hydrogen (secondary N) is 1. The fourth-order valence-electron chi connectivity index (χ4n) is 1.88. The van der Waals surface area contributed by atoms with Crippen LogP contribution >= 0.6 is 11.3 Å². The van der Waals surface area contributed by atoms with Gasteiger partial charge < -0.3 is 5.73 Å². The lowest BCUT2D eigenvalue weighted by atomic mass is 10.1. The summed E-state index contributed by atoms with van der Waals surface area (Å²) in [5, 5.41) is 2.78. The third-order valence-corrected chi connectivity index (χ3v) is 5.38. The van der Waals surface area contributed by atoms with Crippen LogP contribution < -0.4 is 10.5 Å². The van der Waals surface area contributed by atoms with Crippen molar-refractivity contribution in [2.24, 2.45) is 0 Å². The van der Waals surface area contributed by atoms with E-state index >= 15 is 0 Å². The van der Waals surface area contributed by atoms with Crippen LogP contribution in [0.3, 0.4) is 0 Å². The fraction of sp³-hybridized carbons (Fsp3) is 0.308. The Kier molecular flexibility index (Phi) is 4.42. The number of nitrogens with zero attached hydrogens (tertiary/aromatic N) is 1. The molecule has 7 heteroatoms. The highest BCUT2D eigenvalue weighted by Gasteiger charge is 2.18. The quantitative estimate of drug-likeness (QED) is 0.825. The van der Waals surface area contributed by atoms with Crippen LogP contribution in [0.1, 0.15) is 16.1 Å². The Labute approximate surface area is 122 Å². The molecule has 2 aromatic rings. The highest BCUT2D eigenvalue weighted by molar-refractivity contribution is 7.89. The molecule has 0 aliphatic rings. The first-order valence-corrected chi connectivity index (χ1v) is 8.51. The van der Waals surface area contributed by atoms with Crippen LogP contribution in [0, 0.1) is 13.8 Å². The molecule has 3 N–H and O–H groups in total. The molecule has 0 aliphatic carbocycles. The highest BCUT2D eigenvalue weighted by Crippen LogP contribution is 2.22. The van der Waals surface area contributed by atoms with Gasteiger partial charge in [0, 0.05) is 30.2 Å². The summed E-state index contributed by atoms with van der Waals surface area (Å²) in [6.07, 6.45) is 2.29. The van der Waals surface area contributed by atoms with Crippen LogP contribution in [0.25, 0.3) is 0 Å². The van der Waals surface area contributed by atoms with E-state index in [1.165, 1.54) is 11.3 Å². The number of anilines is 1. The molecule has 0 saturated carbocycles. The van der Waals surface area contributed by atoms with Gasteiger partial charge in [-0.1, -0.05) is 0 Å². The number of hydrogen-bond acceptors (Lipinski definition) is 5. The molecule has 108 valence electrons. The zero-order valence-electron chi connectivity index (χ0n) is 11.4. The molecule has 5 nitrogen and oxygen atoms in total. The minimum atomic E-state index is -3.54. The van der Waals surface area contributed by atoms with Gasteiger partial charge in [0.1, 0.15) is 0 Å². The molecule has 1 aromatic carbocycles. The van der Waals surface area contributed by atoms with Crippen molar-refractivity contribution in [1.82, 2.24) is 9.71 Å². The molecule has 2 rings (SSSR count). The molecule has 0 atom stereocenters. The summed E-state index contributed by atoms with van der Waals surface area (Å²) >= 11 is 1.51. The molecule has 0 saturated heterocycles. The van der Waals surface area contributed by atoms with Gasteiger partial charge in [0.15, 0.2) is 0 Å². The van der Waals surface area contributed by atoms with Gasteiger partial charge in [-0.25, -0.2) is 18.1 Å². The Morgan fingerprint density at radius 3 is 2.75 bits per heavy atom. The second kappa shape index (κ2) is 5.90. The van der Waals surface area contributed by atoms with Crippen molar-refractivity contribution in [2.75, 3.05) is 12.3 Å². The molecule has 20 heavy (non-hydrogen) atoms. The van der Waals surface area contributed by atoms with E-state index in [1.54, 1.807) is 25.3 Å². The van der Waals surface area contributed by atoms with Crippen molar-refractivity contribution in [3.05, 3.63) is 39.8 Å². The van der Waals surface area contributed by atoms with Gasteiger partial charge >= 0.3 is 0 Å². The van der Waals surface area contributed by atoms with E-state index in [1.807, 2.05) is 12.3 Å². The normalized spacial score (nSPS) is 11.7. The number of nitrogen functional groups attached to an aromatic ring is 1. The van der Waals surface area contributed by atoms with Gasteiger partial charge in [0.05, 0.1) is 9.90 Å². The van der Waals surface area contributed by atoms with Crippen LogP contribution in [0.2, 0.25) is 0 Å². The van der Waals surface area contributed by atoms with E-state index in [0.717, 1.165) is 10.6 Å². The van der Waals surface area contributed by atoms with Crippen LogP contribution in [0.5, 0.6) is 0 Å². The summed E-state index contributed by atoms with van der Waals surface area (Å²) in [6, 6.07) is 3.40. The predicted molar refractivity (Wildman–Crippen MR) is 81.3 cm³/mol. The van der Waals surface area contributed by atoms with E-state index in [-0.39, 0.29) is 4.90 Å². The molecule has 0 unspecified atom stereocenters. The topological polar surface area (TPSA) is 85.1 Å². The van der Waals surface area contributed by atoms with Gasteiger partial charge in [-0.05, 0) is 37.1 Å². The number of aryl methyl sites for hydroxylation is 1. The maximum absolute atomic E-state index is 12.3. The van der Waals surface area contributed by atoms with Gasteiger partial charge in [-0.3, -0.25) is 0 Å². The Bertz CT molecular complexity index is 695. The first kappa shape index (κ1) is 15.0. The third kappa shape index (κ3) is 3.36. The fourth-order valence-corrected chi connectivity index (χ4v) is 3.89. The summed E-state index contributed by atoms with van der Waals surface area (Å²) < 4.78 is 27.2. The van der Waals surface area contributed by atoms with Crippen LogP contribution in [-0.4, -0.2) is 19.9 Å². The molecule has 0 spiro atoms. The van der Waals surface area contributed by atoms with Crippen molar-refractivity contribution in [2.45, 2.75) is 25.2 Å². The molecule has 0 radical (unpaired) electrons. The third-order valence-electron chi connectivity index (χ3n) is 2.95. The van der Waals surface area contributed by atoms with E-state index in [2.05, 4.69) is 9.71 Å². The number of sulfonamides is 1. The number of aromatic nitrogens is 1. The lowest BCUT2D eigenvalue weighted by molar-refractivity contribution is 0.581. The largest absolute Gasteiger partial charge is 0.398 e. The van der Waals surface area contributed by atoms with Crippen LogP contribution in [-0.2, 0) is 16.4 Å². The molecular formula is C13H17N3O2S2. The van der Waals surface area contributed by atoms with E-state index in [9.17, 15) is 8.42 Å². The lowest BCUT2D eigenvalue weighted by Crippen LogP contribution is -2.27. The first-order chi connectivity index (χ1) is 9.40. The molecule has 1 aromatic heterocycles. The average molecular weight is 311 g/mol. The maximum atomic E-state index is 12.3. The van der Waals surface area contributed by atoms with Crippen molar-refractivity contribution in [1.29, 1.82) is 0 Å². The Hall–Kier alpha value is -1.44. The standard InChI is InChI=1S/C13H17N3O2S2/c1-9-7-11(14)10(2)12(8-9)20(17,18)16-4-3-13-15-5-6-19-13/h5-8,16H,3-4,14H2,1-2H3. The van der Waals surface area contributed by atoms with Crippen molar-refractivity contribution in [3.8, 4) is 0 Å². The van der Waals surface area contributed by atoms with E-state index < -0.39 is 10.0 Å². The number of nitrogens with two attached hydrogens (primary N) is 1. The van der Waals surface area contributed by atoms with Gasteiger partial charge in [0.25, 0.3) is 0 Å². The van der Waals surface area contributed by atoms with Crippen molar-refractivity contribution in [3.63, 3.8) is 0 Å². The molecule has 0 fully saturated rings. The van der Waals surface area contributed by atoms with Gasteiger partial charge in [0.2, 0.25) is 10.0 Å². The van der Waals surface area contributed by atoms with Gasteiger partial charge in [-0.15, -0.1) is 11.3 Å². The highest BCUT2D eigenvalue weighted by atomic mass is 32.2. The number of hydrogen-bond donors (Lipinski definition) is 2. The summed E-state index contributed by atoms with van der Waals surface area (Å²) in [5.74, 6) is 0. The second-order valence-corrected chi connectivity index (χ2v) is 7.27. The van der Waals surface area contributed by atoms with Crippen LogP contribution in [0.15, 0.2) is 28.6 Å². The summed E-state index contributed by atoms with van der Waals surface area (Å²) in [7, 11) is -3.54. The smallest absolute Gasteiger partial charge is 0.240 e. The molecule has 1 heterocycles. The monoisotopic (exact) mass is 311 g/mol. The Balaban J connectivity index is 2.14. The SMILES string of the molecule is Cc1cc(N)c(C)c(S(=O)(=O)NCCc2nccs2)c1. The zero-order chi connectivity index (χ0) is 14.8. The molecular weight excluding hydrogens is 294 g/mol. The maximum Gasteiger partial charge on any atom is 0.240 e. The van der Waals surface area contributed by atoms with Crippen LogP contribution in [0.4, 0.5) is 5.69 Å². The molecule has 0 aliphatic heterocycles. The minimum absolute atomic E-state index is 0.245. The summed E-state index contributed by atoms with van der Waals surface area (Å²) in [5.41, 5.74) is 7.72. The van der Waals surface area contributed by atoms with E-state index in [4.69, 9.17) is 5.73 Å². The lowest BCUT2D eigenvalue weighted by Gasteiger charge is -2.11. The summed E-state index contributed by atoms with van der Waals surface area (Å²) in [6.45, 7) is 3.86. The Morgan fingerprint density at radius 1 is 1.35 bits per heavy atom. The van der Waals surface area contributed by atoms with Crippen molar-refractivity contribution < 1.29 is 8.42 Å². The second-order valence-electron chi connectivity index (χ2n) is 4.55. The summed E-state index contributed by atoms with van der Waals surface area (Å²) in [4.78, 5) is 4.36. The molecule has 0 amide bonds. The Morgan fingerprint density at radius 2 is 2.10 bits per heavy atom. The minimum Gasteiger partial charge on any atom is -0.398 e.